The number of aryl methyl sites for hydroxylation is 5. The Morgan fingerprint density at radius 2 is 1.51 bits per heavy atom. The Labute approximate surface area is 318 Å². The molecule has 0 spiro atoms. The van der Waals surface area contributed by atoms with E-state index in [0.717, 1.165) is 22.3 Å². The lowest BCUT2D eigenvalue weighted by atomic mass is 9.95. The summed E-state index contributed by atoms with van der Waals surface area (Å²) in [5.74, 6) is -0.864. The fraction of sp³-hybridized carbons (Fsp3) is 0.417. The van der Waals surface area contributed by atoms with Gasteiger partial charge < -0.3 is 24.4 Å². The molecule has 55 heavy (non-hydrogen) atoms. The van der Waals surface area contributed by atoms with E-state index in [4.69, 9.17) is 18.9 Å². The molecule has 0 saturated carbocycles. The van der Waals surface area contributed by atoms with Crippen LogP contribution in [0.4, 0.5) is 10.7 Å². The minimum absolute atomic E-state index is 0. The lowest BCUT2D eigenvalue weighted by Crippen LogP contribution is -2.39. The molecule has 2 aromatic heterocycles. The highest BCUT2D eigenvalue weighted by Crippen LogP contribution is 2.34. The second kappa shape index (κ2) is 17.2. The normalized spacial score (nSPS) is 12.6. The van der Waals surface area contributed by atoms with Crippen molar-refractivity contribution in [2.24, 2.45) is 19.5 Å². The third kappa shape index (κ3) is 10.3. The van der Waals surface area contributed by atoms with Crippen LogP contribution in [0.25, 0.3) is 11.1 Å². The first-order valence-corrected chi connectivity index (χ1v) is 18.2. The zero-order valence-electron chi connectivity index (χ0n) is 32.6. The third-order valence-corrected chi connectivity index (χ3v) is 9.45. The summed E-state index contributed by atoms with van der Waals surface area (Å²) in [6.07, 6.45) is -0.437. The van der Waals surface area contributed by atoms with Crippen LogP contribution in [-0.2, 0) is 38.4 Å². The molecule has 1 aliphatic heterocycles. The molecule has 2 amide bonds. The van der Waals surface area contributed by atoms with E-state index in [1.807, 2.05) is 37.6 Å². The number of nitrogens with zero attached hydrogens (tertiary/aromatic N) is 5. The maximum atomic E-state index is 12.8. The van der Waals surface area contributed by atoms with Crippen LogP contribution in [0, 0.1) is 40.0 Å². The number of carbonyl (C=O) groups is 3. The predicted octanol–water partition coefficient (Wildman–Crippen LogP) is 3.01. The molecule has 0 radical (unpaired) electrons. The predicted molar refractivity (Wildman–Crippen MR) is 201 cm³/mol. The highest BCUT2D eigenvalue weighted by Gasteiger charge is 2.31. The number of ether oxygens (including phenoxy) is 4. The van der Waals surface area contributed by atoms with Gasteiger partial charge >= 0.3 is 24.0 Å². The molecule has 0 aliphatic carbocycles. The quantitative estimate of drug-likeness (QED) is 0.244. The standard InChI is InChI=1S/C19H26N2O3.C17H19N5O7S.H2O/c1-11-9-12(2)14(13(3)10-11)15-16(22)20(7)21(8)17(15)24-18(23)19(4,5)6;1-9-4-5-12(14(23)29-11-7-28-8-11)13(6-9)30(25,26)22-16(24)20-15-18-10(2)19-17(21-15)27-3;/h9-10H,1-8H3;4-6,11H,7-8H2,1-3H3,(H2,18,19,20,21,22,24);1H2. The van der Waals surface area contributed by atoms with E-state index in [2.05, 4.69) is 20.3 Å². The van der Waals surface area contributed by atoms with E-state index >= 15 is 0 Å². The molecule has 298 valence electrons. The highest BCUT2D eigenvalue weighted by molar-refractivity contribution is 7.90. The summed E-state index contributed by atoms with van der Waals surface area (Å²) in [5, 5.41) is 2.19. The number of anilines is 1. The van der Waals surface area contributed by atoms with E-state index < -0.39 is 38.4 Å². The molecule has 0 bridgehead atoms. The number of amides is 2. The second-order valence-electron chi connectivity index (χ2n) is 13.8. The lowest BCUT2D eigenvalue weighted by Gasteiger charge is -2.26. The van der Waals surface area contributed by atoms with E-state index in [1.54, 1.807) is 59.5 Å². The van der Waals surface area contributed by atoms with Gasteiger partial charge in [-0.25, -0.2) is 22.7 Å². The van der Waals surface area contributed by atoms with Gasteiger partial charge in [-0.3, -0.25) is 24.3 Å². The molecule has 0 atom stereocenters. The smallest absolute Gasteiger partial charge is 0.339 e. The molecule has 2 aromatic carbocycles. The van der Waals surface area contributed by atoms with Crippen molar-refractivity contribution in [3.05, 3.63) is 74.3 Å². The monoisotopic (exact) mass is 785 g/mol. The fourth-order valence-corrected chi connectivity index (χ4v) is 6.45. The molecule has 3 heterocycles. The molecule has 1 fully saturated rings. The van der Waals surface area contributed by atoms with Crippen LogP contribution in [0.3, 0.4) is 0 Å². The number of hydrogen-bond acceptors (Lipinski definition) is 13. The molecule has 19 heteroatoms. The molecule has 0 unspecified atom stereocenters. The van der Waals surface area contributed by atoms with Gasteiger partial charge in [0.05, 0.1) is 31.3 Å². The van der Waals surface area contributed by atoms with Crippen LogP contribution in [0.1, 0.15) is 59.2 Å². The molecule has 1 aliphatic rings. The zero-order chi connectivity index (χ0) is 40.3. The number of rotatable bonds is 8. The molecule has 4 aromatic rings. The summed E-state index contributed by atoms with van der Waals surface area (Å²) < 4.78 is 51.1. The van der Waals surface area contributed by atoms with E-state index in [-0.39, 0.29) is 59.4 Å². The first-order valence-electron chi connectivity index (χ1n) is 16.7. The van der Waals surface area contributed by atoms with Gasteiger partial charge in [0.25, 0.3) is 15.6 Å². The summed E-state index contributed by atoms with van der Waals surface area (Å²) in [6, 6.07) is 7.03. The van der Waals surface area contributed by atoms with E-state index in [9.17, 15) is 27.6 Å². The fourth-order valence-electron chi connectivity index (χ4n) is 5.26. The van der Waals surface area contributed by atoms with Gasteiger partial charge in [0, 0.05) is 14.1 Å². The number of nitrogens with one attached hydrogen (secondary N) is 2. The van der Waals surface area contributed by atoms with Gasteiger partial charge in [-0.2, -0.15) is 15.0 Å². The third-order valence-electron chi connectivity index (χ3n) is 8.08. The Balaban J connectivity index is 0.000000297. The van der Waals surface area contributed by atoms with Crippen LogP contribution in [0.5, 0.6) is 11.9 Å². The molecule has 18 nitrogen and oxygen atoms in total. The number of hydrogen-bond donors (Lipinski definition) is 2. The molecule has 1 saturated heterocycles. The Hall–Kier alpha value is -5.66. The van der Waals surface area contributed by atoms with Crippen molar-refractivity contribution in [3.63, 3.8) is 0 Å². The van der Waals surface area contributed by atoms with Crippen molar-refractivity contribution >= 4 is 33.9 Å². The Kier molecular flexibility index (Phi) is 13.7. The lowest BCUT2D eigenvalue weighted by molar-refractivity contribution is -0.143. The van der Waals surface area contributed by atoms with E-state index in [0.29, 0.717) is 11.1 Å². The first-order chi connectivity index (χ1) is 25.1. The average Bonchev–Trinajstić information content (AvgIpc) is 3.24. The van der Waals surface area contributed by atoms with Crippen LogP contribution in [0.2, 0.25) is 0 Å². The van der Waals surface area contributed by atoms with Crippen molar-refractivity contribution in [2.75, 3.05) is 25.6 Å². The molecular weight excluding hydrogens is 739 g/mol. The number of esters is 2. The Bertz CT molecular complexity index is 2250. The average molecular weight is 786 g/mol. The van der Waals surface area contributed by atoms with Gasteiger partial charge in [0.2, 0.25) is 11.8 Å². The van der Waals surface area contributed by atoms with Crippen molar-refractivity contribution < 1.29 is 47.2 Å². The van der Waals surface area contributed by atoms with Crippen LogP contribution >= 0.6 is 0 Å². The van der Waals surface area contributed by atoms with Crippen LogP contribution in [-0.4, -0.2) is 82.6 Å². The van der Waals surface area contributed by atoms with Gasteiger partial charge in [-0.1, -0.05) is 23.8 Å². The van der Waals surface area contributed by atoms with Crippen LogP contribution < -0.4 is 25.1 Å². The summed E-state index contributed by atoms with van der Waals surface area (Å²) >= 11 is 0. The van der Waals surface area contributed by atoms with Crippen molar-refractivity contribution in [1.29, 1.82) is 0 Å². The van der Waals surface area contributed by atoms with Crippen molar-refractivity contribution in [3.8, 4) is 23.0 Å². The summed E-state index contributed by atoms with van der Waals surface area (Å²) in [4.78, 5) is 60.9. The second-order valence-corrected chi connectivity index (χ2v) is 15.4. The van der Waals surface area contributed by atoms with Gasteiger partial charge in [-0.05, 0) is 89.8 Å². The number of aromatic nitrogens is 5. The number of benzene rings is 2. The molecule has 5 rings (SSSR count). The maximum Gasteiger partial charge on any atom is 0.339 e. The number of methoxy groups -OCH3 is 1. The van der Waals surface area contributed by atoms with Gasteiger partial charge in [-0.15, -0.1) is 0 Å². The summed E-state index contributed by atoms with van der Waals surface area (Å²) in [7, 11) is 0.289. The number of sulfonamides is 1. The Morgan fingerprint density at radius 3 is 2.05 bits per heavy atom. The van der Waals surface area contributed by atoms with E-state index in [1.165, 1.54) is 23.9 Å². The largest absolute Gasteiger partial charge is 0.467 e. The van der Waals surface area contributed by atoms with Crippen molar-refractivity contribution in [1.82, 2.24) is 29.0 Å². The maximum absolute atomic E-state index is 12.8. The SMILES string of the molecule is COc1nc(C)nc(NC(=O)NS(=O)(=O)c2cc(C)ccc2C(=O)OC2COC2)n1.Cc1cc(C)c(-c2c(OC(=O)C(C)(C)C)n(C)n(C)c2=O)c(C)c1.O. The number of urea groups is 1. The van der Waals surface area contributed by atoms with Crippen molar-refractivity contribution in [2.45, 2.75) is 66.4 Å². The Morgan fingerprint density at radius 1 is 0.891 bits per heavy atom. The minimum atomic E-state index is -4.42. The number of carbonyl (C=O) groups excluding carboxylic acids is 3. The highest BCUT2D eigenvalue weighted by atomic mass is 32.2. The van der Waals surface area contributed by atoms with Crippen LogP contribution in [0.15, 0.2) is 40.0 Å². The van der Waals surface area contributed by atoms with Gasteiger partial charge in [0.1, 0.15) is 22.4 Å². The van der Waals surface area contributed by atoms with Gasteiger partial charge in [0.15, 0.2) is 0 Å². The zero-order valence-corrected chi connectivity index (χ0v) is 33.4. The molecule has 4 N–H and O–H groups in total. The summed E-state index contributed by atoms with van der Waals surface area (Å²) in [6.45, 7) is 15.0. The topological polar surface area (TPSA) is 243 Å². The summed E-state index contributed by atoms with van der Waals surface area (Å²) in [5.41, 5.74) is 3.92. The first kappa shape index (κ1) is 43.7. The minimum Gasteiger partial charge on any atom is -0.467 e. The molecular formula is C36H47N7O11S.